The van der Waals surface area contributed by atoms with E-state index >= 15 is 0 Å². The molecule has 0 amide bonds. The van der Waals surface area contributed by atoms with Crippen LogP contribution in [0, 0.1) is 0 Å². The number of carbonyl (C=O) groups is 1. The van der Waals surface area contributed by atoms with Crippen molar-refractivity contribution in [2.75, 3.05) is 20.7 Å². The second kappa shape index (κ2) is 4.34. The van der Waals surface area contributed by atoms with E-state index < -0.39 is 12.5 Å². The Morgan fingerprint density at radius 3 is 3.19 bits per heavy atom. The Kier molecular flexibility index (Phi) is 2.44. The standard InChI is InChI=1S/C17H19NO3/c1-18-8-7-17-6-5-12(19)9-14(17)21-16-13(20-2)4-3-11(10-18)15(16)17/h3-6,14H,7-10H2,1-2H3/i9D. The summed E-state index contributed by atoms with van der Waals surface area (Å²) in [6.07, 6.45) is 3.06. The Bertz CT molecular complexity index is 687. The van der Waals surface area contributed by atoms with E-state index in [0.717, 1.165) is 30.8 Å². The summed E-state index contributed by atoms with van der Waals surface area (Å²) in [7, 11) is 3.72. The maximum absolute atomic E-state index is 12.0. The van der Waals surface area contributed by atoms with Crippen LogP contribution in [-0.2, 0) is 16.8 Å². The van der Waals surface area contributed by atoms with Crippen LogP contribution >= 0.6 is 0 Å². The second-order valence-electron chi connectivity index (χ2n) is 6.10. The lowest BCUT2D eigenvalue weighted by Gasteiger charge is -2.33. The van der Waals surface area contributed by atoms with Crippen LogP contribution in [0.15, 0.2) is 24.3 Å². The van der Waals surface area contributed by atoms with Crippen LogP contribution in [-0.4, -0.2) is 37.5 Å². The Morgan fingerprint density at radius 2 is 2.38 bits per heavy atom. The average Bonchev–Trinajstić information content (AvgIpc) is 2.79. The predicted octanol–water partition coefficient (Wildman–Crippen LogP) is 2.06. The SMILES string of the molecule is [2H]C1C(=O)C=CC23CCN(C)Cc4ccc(OC)c(c42)OC13. The molecule has 21 heavy (non-hydrogen) atoms. The minimum atomic E-state index is -0.877. The molecule has 2 heterocycles. The first kappa shape index (κ1) is 11.8. The molecule has 4 heteroatoms. The molecule has 0 fully saturated rings. The molecule has 1 aromatic carbocycles. The number of hydrogen-bond acceptors (Lipinski definition) is 4. The molecule has 4 rings (SSSR count). The van der Waals surface area contributed by atoms with Gasteiger partial charge in [-0.05, 0) is 37.7 Å². The van der Waals surface area contributed by atoms with Crippen molar-refractivity contribution in [1.82, 2.24) is 4.90 Å². The zero-order chi connectivity index (χ0) is 15.5. The molecule has 0 radical (unpaired) electrons. The third kappa shape index (κ3) is 1.69. The van der Waals surface area contributed by atoms with Gasteiger partial charge in [-0.15, -0.1) is 0 Å². The summed E-state index contributed by atoms with van der Waals surface area (Å²) in [4.78, 5) is 14.2. The molecule has 1 aromatic rings. The van der Waals surface area contributed by atoms with Crippen molar-refractivity contribution < 1.29 is 15.6 Å². The number of benzene rings is 1. The quantitative estimate of drug-likeness (QED) is 0.792. The van der Waals surface area contributed by atoms with Crippen molar-refractivity contribution in [2.45, 2.75) is 30.9 Å². The zero-order valence-electron chi connectivity index (χ0n) is 13.3. The molecule has 110 valence electrons. The van der Waals surface area contributed by atoms with Crippen molar-refractivity contribution in [3.8, 4) is 11.5 Å². The molecular weight excluding hydrogens is 266 g/mol. The van der Waals surface area contributed by atoms with Crippen molar-refractivity contribution in [3.05, 3.63) is 35.4 Å². The number of nitrogens with zero attached hydrogens (tertiary/aromatic N) is 1. The van der Waals surface area contributed by atoms with Crippen molar-refractivity contribution in [3.63, 3.8) is 0 Å². The van der Waals surface area contributed by atoms with Crippen LogP contribution in [0.2, 0.25) is 0 Å². The lowest BCUT2D eigenvalue weighted by Crippen LogP contribution is -2.41. The predicted molar refractivity (Wildman–Crippen MR) is 78.8 cm³/mol. The number of rotatable bonds is 1. The number of hydrogen-bond donors (Lipinski definition) is 0. The summed E-state index contributed by atoms with van der Waals surface area (Å²) in [5, 5.41) is 0. The van der Waals surface area contributed by atoms with Gasteiger partial charge in [0.25, 0.3) is 0 Å². The molecule has 0 saturated heterocycles. The van der Waals surface area contributed by atoms with Gasteiger partial charge < -0.3 is 14.4 Å². The number of carbonyl (C=O) groups excluding carboxylic acids is 1. The van der Waals surface area contributed by atoms with E-state index in [1.807, 2.05) is 12.1 Å². The molecule has 0 bridgehead atoms. The summed E-state index contributed by atoms with van der Waals surface area (Å²) in [6, 6.07) is 4.00. The van der Waals surface area contributed by atoms with E-state index in [2.05, 4.69) is 18.0 Å². The highest BCUT2D eigenvalue weighted by molar-refractivity contribution is 5.92. The minimum absolute atomic E-state index is 0.179. The van der Waals surface area contributed by atoms with Crippen LogP contribution < -0.4 is 9.47 Å². The molecule has 1 aliphatic carbocycles. The van der Waals surface area contributed by atoms with E-state index in [4.69, 9.17) is 10.8 Å². The fraction of sp³-hybridized carbons (Fsp3) is 0.471. The highest BCUT2D eigenvalue weighted by Gasteiger charge is 2.52. The third-order valence-electron chi connectivity index (χ3n) is 4.85. The van der Waals surface area contributed by atoms with E-state index in [-0.39, 0.29) is 11.2 Å². The van der Waals surface area contributed by atoms with Gasteiger partial charge in [-0.1, -0.05) is 12.1 Å². The monoisotopic (exact) mass is 286 g/mol. The lowest BCUT2D eigenvalue weighted by atomic mass is 9.69. The lowest BCUT2D eigenvalue weighted by molar-refractivity contribution is -0.117. The first-order valence-corrected chi connectivity index (χ1v) is 7.28. The summed E-state index contributed by atoms with van der Waals surface area (Å²) < 4.78 is 19.8. The van der Waals surface area contributed by atoms with E-state index in [1.54, 1.807) is 13.2 Å². The van der Waals surface area contributed by atoms with Gasteiger partial charge in [0.1, 0.15) is 6.10 Å². The van der Waals surface area contributed by atoms with E-state index in [1.165, 1.54) is 5.56 Å². The van der Waals surface area contributed by atoms with Crippen LogP contribution in [0.5, 0.6) is 11.5 Å². The van der Waals surface area contributed by atoms with Gasteiger partial charge in [0, 0.05) is 19.9 Å². The first-order valence-electron chi connectivity index (χ1n) is 7.85. The topological polar surface area (TPSA) is 38.8 Å². The van der Waals surface area contributed by atoms with Gasteiger partial charge in [-0.2, -0.15) is 0 Å². The van der Waals surface area contributed by atoms with Crippen LogP contribution in [0.1, 0.15) is 25.3 Å². The highest BCUT2D eigenvalue weighted by Crippen LogP contribution is 2.55. The first-order chi connectivity index (χ1) is 10.6. The Balaban J connectivity index is 1.99. The fourth-order valence-corrected chi connectivity index (χ4v) is 3.79. The molecule has 3 unspecified atom stereocenters. The second-order valence-corrected chi connectivity index (χ2v) is 6.10. The smallest absolute Gasteiger partial charge is 0.166 e. The number of allylic oxidation sites excluding steroid dienone is 1. The van der Waals surface area contributed by atoms with Crippen LogP contribution in [0.25, 0.3) is 0 Å². The Hall–Kier alpha value is -1.81. The van der Waals surface area contributed by atoms with Gasteiger partial charge in [-0.25, -0.2) is 0 Å². The summed E-state index contributed by atoms with van der Waals surface area (Å²) in [5.41, 5.74) is 1.93. The molecule has 0 aromatic heterocycles. The van der Waals surface area contributed by atoms with E-state index in [9.17, 15) is 4.79 Å². The van der Waals surface area contributed by atoms with E-state index in [0.29, 0.717) is 5.75 Å². The molecule has 3 aliphatic rings. The van der Waals surface area contributed by atoms with Gasteiger partial charge in [0.15, 0.2) is 17.3 Å². The fourth-order valence-electron chi connectivity index (χ4n) is 3.79. The zero-order valence-corrected chi connectivity index (χ0v) is 12.3. The number of methoxy groups -OCH3 is 1. The molecule has 0 saturated carbocycles. The van der Waals surface area contributed by atoms with Crippen LogP contribution in [0.3, 0.4) is 0 Å². The molecule has 3 atom stereocenters. The third-order valence-corrected chi connectivity index (χ3v) is 4.85. The van der Waals surface area contributed by atoms with Gasteiger partial charge >= 0.3 is 0 Å². The highest BCUT2D eigenvalue weighted by atomic mass is 16.5. The molecular formula is C17H19NO3. The van der Waals surface area contributed by atoms with Gasteiger partial charge in [0.2, 0.25) is 0 Å². The normalized spacial score (nSPS) is 34.6. The average molecular weight is 286 g/mol. The molecule has 1 spiro atoms. The van der Waals surface area contributed by atoms with Gasteiger partial charge in [0.05, 0.1) is 12.5 Å². The van der Waals surface area contributed by atoms with Crippen molar-refractivity contribution >= 4 is 5.78 Å². The molecule has 2 aliphatic heterocycles. The molecule has 4 nitrogen and oxygen atoms in total. The van der Waals surface area contributed by atoms with Crippen molar-refractivity contribution in [2.24, 2.45) is 0 Å². The van der Waals surface area contributed by atoms with Crippen LogP contribution in [0.4, 0.5) is 0 Å². The molecule has 0 N–H and O–H groups in total. The minimum Gasteiger partial charge on any atom is -0.493 e. The summed E-state index contributed by atoms with van der Waals surface area (Å²) >= 11 is 0. The summed E-state index contributed by atoms with van der Waals surface area (Å²) in [5.74, 6) is 1.23. The number of ketones is 1. The van der Waals surface area contributed by atoms with Crippen molar-refractivity contribution in [1.29, 1.82) is 0 Å². The maximum Gasteiger partial charge on any atom is 0.166 e. The maximum atomic E-state index is 12.0. The Morgan fingerprint density at radius 1 is 1.52 bits per heavy atom. The largest absolute Gasteiger partial charge is 0.493 e. The Labute approximate surface area is 125 Å². The summed E-state index contributed by atoms with van der Waals surface area (Å²) in [6.45, 7) is 1.75. The number of ether oxygens (including phenoxy) is 2. The van der Waals surface area contributed by atoms with Gasteiger partial charge in [-0.3, -0.25) is 4.79 Å².